The van der Waals surface area contributed by atoms with Gasteiger partial charge in [-0.15, -0.1) is 11.3 Å². The fourth-order valence-corrected chi connectivity index (χ4v) is 11.2. The van der Waals surface area contributed by atoms with Gasteiger partial charge in [-0.1, -0.05) is 17.7 Å². The Morgan fingerprint density at radius 2 is 1.85 bits per heavy atom. The molecule has 0 radical (unpaired) electrons. The summed E-state index contributed by atoms with van der Waals surface area (Å²) < 4.78 is 72.3. The number of carbonyl (C=O) groups is 2. The monoisotopic (exact) mass is 867 g/mol. The van der Waals surface area contributed by atoms with E-state index in [9.17, 15) is 19.2 Å². The van der Waals surface area contributed by atoms with Crippen molar-refractivity contribution in [2.24, 2.45) is 0 Å². The first-order valence-corrected chi connectivity index (χ1v) is 21.4. The number of thiophene rings is 1. The predicted molar refractivity (Wildman–Crippen MR) is 220 cm³/mol. The molecule has 1 N–H and O–H groups in total. The van der Waals surface area contributed by atoms with Crippen LogP contribution in [-0.2, 0) is 9.47 Å². The number of carbonyl (C=O) groups excluding carboxylic acids is 2. The molecule has 4 aromatic rings. The molecule has 2 aromatic heterocycles. The Balaban J connectivity index is 1.20. The van der Waals surface area contributed by atoms with E-state index in [1.54, 1.807) is 25.7 Å². The van der Waals surface area contributed by atoms with Crippen LogP contribution in [0.1, 0.15) is 79.2 Å². The molecule has 5 atom stereocenters. The van der Waals surface area contributed by atoms with Gasteiger partial charge in [-0.3, -0.25) is 15.1 Å². The lowest BCUT2D eigenvalue weighted by Crippen LogP contribution is -2.63. The normalized spacial score (nSPS) is 24.8. The van der Waals surface area contributed by atoms with Gasteiger partial charge >= 0.3 is 18.2 Å². The van der Waals surface area contributed by atoms with Gasteiger partial charge in [0.25, 0.3) is 0 Å². The van der Waals surface area contributed by atoms with Crippen molar-refractivity contribution in [3.63, 3.8) is 0 Å². The van der Waals surface area contributed by atoms with Gasteiger partial charge in [-0.25, -0.2) is 22.8 Å². The van der Waals surface area contributed by atoms with E-state index in [-0.39, 0.29) is 84.8 Å². The molecular weight excluding hydrogens is 823 g/mol. The number of aromatic nitrogens is 2. The summed E-state index contributed by atoms with van der Waals surface area (Å²) in [6, 6.07) is 3.32. The number of hydrogen-bond donors (Lipinski definition) is 1. The highest BCUT2D eigenvalue weighted by molar-refractivity contribution is 7.23. The maximum atomic E-state index is 17.7. The van der Waals surface area contributed by atoms with Gasteiger partial charge in [0, 0.05) is 30.5 Å². The molecule has 9 rings (SSSR count). The molecule has 2 aromatic carbocycles. The maximum Gasteiger partial charge on any atom is 0.412 e. The first-order valence-electron chi connectivity index (χ1n) is 20.2. The molecule has 2 bridgehead atoms. The fourth-order valence-electron chi connectivity index (χ4n) is 9.75. The van der Waals surface area contributed by atoms with E-state index in [4.69, 9.17) is 35.5 Å². The van der Waals surface area contributed by atoms with E-state index in [0.29, 0.717) is 38.2 Å². The number of hydrogen-bond acceptors (Lipinski definition) is 12. The summed E-state index contributed by atoms with van der Waals surface area (Å²) in [6.07, 6.45) is 0.967. The molecule has 2 amide bonds. The van der Waals surface area contributed by atoms with Gasteiger partial charge in [0.1, 0.15) is 58.8 Å². The number of anilines is 2. The highest BCUT2D eigenvalue weighted by atomic mass is 35.5. The van der Waals surface area contributed by atoms with Crippen molar-refractivity contribution in [3.8, 4) is 29.0 Å². The molecular formula is C42H45ClF3N7O6S. The SMILES string of the molecule is CC(C)(C)OC(=O)Nc1sc2c(F)ccc(-c3c(Cl)c4c5c(nc(OC[C@@]67CCCN6C[C@H](F)C7)nc5c3F)N3C[C@H]5CC[C@@H]([C@H]3CO4)N5C(=O)OC(C)(C)C)c2c1C#N. The van der Waals surface area contributed by atoms with E-state index in [2.05, 4.69) is 21.3 Å². The molecule has 4 fully saturated rings. The van der Waals surface area contributed by atoms with Gasteiger partial charge < -0.3 is 23.8 Å². The molecule has 60 heavy (non-hydrogen) atoms. The Morgan fingerprint density at radius 1 is 1.08 bits per heavy atom. The standard InChI is InChI=1S/C42H45ClF3N7O6S/c1-40(2,3)58-38(54)50-36-23(15-47)27-22(9-10-24(45)34(27)60-36)28-30(43)33-29-32(31(28)46)48-37(57-19-42-12-7-13-51(42)16-20(44)14-42)49-35(29)52-17-21-8-11-25(26(52)18-56-33)53(21)39(55)59-41(4,5)6/h9-10,20-21,25-26H,7-8,11-14,16-19H2,1-6H3,(H,50,54)/t20-,21-,25+,26-,42+/m1/s1. The molecule has 13 nitrogen and oxygen atoms in total. The topological polar surface area (TPSA) is 142 Å². The van der Waals surface area contributed by atoms with Crippen molar-refractivity contribution in [2.45, 2.75) is 115 Å². The summed E-state index contributed by atoms with van der Waals surface area (Å²) in [7, 11) is 0. The Hall–Kier alpha value is -4.79. The van der Waals surface area contributed by atoms with E-state index in [0.717, 1.165) is 36.8 Å². The molecule has 318 valence electrons. The van der Waals surface area contributed by atoms with Crippen LogP contribution in [0.25, 0.3) is 32.1 Å². The van der Waals surface area contributed by atoms with Crippen molar-refractivity contribution >= 4 is 66.9 Å². The number of rotatable bonds is 5. The minimum atomic E-state index is -1.00. The van der Waals surface area contributed by atoms with E-state index in [1.807, 2.05) is 25.7 Å². The van der Waals surface area contributed by atoms with Gasteiger partial charge in [0.15, 0.2) is 11.6 Å². The number of fused-ring (bicyclic) bond motifs is 7. The van der Waals surface area contributed by atoms with Crippen LogP contribution in [0, 0.1) is 23.0 Å². The molecule has 5 aliphatic rings. The maximum absolute atomic E-state index is 17.7. The van der Waals surface area contributed by atoms with Crippen LogP contribution in [-0.4, -0.2) is 106 Å². The second-order valence-electron chi connectivity index (χ2n) is 18.3. The average molecular weight is 868 g/mol. The predicted octanol–water partition coefficient (Wildman–Crippen LogP) is 8.97. The highest BCUT2D eigenvalue weighted by Crippen LogP contribution is 2.53. The minimum absolute atomic E-state index is 0.00402. The number of ether oxygens (including phenoxy) is 4. The molecule has 0 spiro atoms. The average Bonchev–Trinajstić information content (AvgIpc) is 3.86. The van der Waals surface area contributed by atoms with Crippen LogP contribution < -0.4 is 19.7 Å². The van der Waals surface area contributed by atoms with Crippen LogP contribution in [0.4, 0.5) is 33.6 Å². The largest absolute Gasteiger partial charge is 0.489 e. The molecule has 18 heteroatoms. The molecule has 0 aliphatic carbocycles. The van der Waals surface area contributed by atoms with Gasteiger partial charge in [0.05, 0.1) is 44.3 Å². The van der Waals surface area contributed by atoms with E-state index in [1.165, 1.54) is 6.07 Å². The van der Waals surface area contributed by atoms with Crippen molar-refractivity contribution < 1.29 is 41.7 Å². The molecule has 0 saturated carbocycles. The third kappa shape index (κ3) is 6.78. The van der Waals surface area contributed by atoms with Gasteiger partial charge in [-0.05, 0) is 85.4 Å². The third-order valence-corrected chi connectivity index (χ3v) is 13.5. The summed E-state index contributed by atoms with van der Waals surface area (Å²) in [5, 5.41) is 13.0. The Labute approximate surface area is 353 Å². The first-order chi connectivity index (χ1) is 28.4. The van der Waals surface area contributed by atoms with Crippen molar-refractivity contribution in [2.75, 3.05) is 43.1 Å². The molecule has 4 saturated heterocycles. The Bertz CT molecular complexity index is 2500. The number of alkyl halides is 1. The number of piperazine rings is 1. The highest BCUT2D eigenvalue weighted by Gasteiger charge is 2.53. The lowest BCUT2D eigenvalue weighted by Gasteiger charge is -2.46. The zero-order valence-electron chi connectivity index (χ0n) is 34.1. The summed E-state index contributed by atoms with van der Waals surface area (Å²) in [5.74, 6) is -1.24. The second kappa shape index (κ2) is 14.4. The number of nitriles is 1. The van der Waals surface area contributed by atoms with Crippen molar-refractivity contribution in [3.05, 3.63) is 34.4 Å². The number of nitrogens with one attached hydrogen (secondary N) is 1. The van der Waals surface area contributed by atoms with Crippen LogP contribution >= 0.6 is 22.9 Å². The lowest BCUT2D eigenvalue weighted by molar-refractivity contribution is 0.00542. The summed E-state index contributed by atoms with van der Waals surface area (Å²) in [5.41, 5.74) is -2.61. The Morgan fingerprint density at radius 3 is 2.58 bits per heavy atom. The number of benzene rings is 2. The molecule has 0 unspecified atom stereocenters. The van der Waals surface area contributed by atoms with Crippen LogP contribution in [0.15, 0.2) is 12.1 Å². The zero-order chi connectivity index (χ0) is 42.6. The van der Waals surface area contributed by atoms with Crippen LogP contribution in [0.3, 0.4) is 0 Å². The van der Waals surface area contributed by atoms with E-state index >= 15 is 8.78 Å². The molecule has 5 aliphatic heterocycles. The summed E-state index contributed by atoms with van der Waals surface area (Å²) in [6.45, 7) is 12.0. The fraction of sp³-hybridized carbons (Fsp3) is 0.548. The smallest absolute Gasteiger partial charge is 0.412 e. The first kappa shape index (κ1) is 40.6. The zero-order valence-corrected chi connectivity index (χ0v) is 35.7. The van der Waals surface area contributed by atoms with Crippen LogP contribution in [0.5, 0.6) is 11.8 Å². The molecule has 7 heterocycles. The van der Waals surface area contributed by atoms with Crippen LogP contribution in [0.2, 0.25) is 5.02 Å². The second-order valence-corrected chi connectivity index (χ2v) is 19.7. The third-order valence-electron chi connectivity index (χ3n) is 12.0. The quantitative estimate of drug-likeness (QED) is 0.205. The van der Waals surface area contributed by atoms with Crippen molar-refractivity contribution in [1.29, 1.82) is 5.26 Å². The lowest BCUT2D eigenvalue weighted by atomic mass is 9.95. The number of amides is 2. The number of halogens is 4. The van der Waals surface area contributed by atoms with Gasteiger partial charge in [0.2, 0.25) is 0 Å². The minimum Gasteiger partial charge on any atom is -0.489 e. The summed E-state index contributed by atoms with van der Waals surface area (Å²) in [4.78, 5) is 41.9. The van der Waals surface area contributed by atoms with Crippen molar-refractivity contribution in [1.82, 2.24) is 19.8 Å². The van der Waals surface area contributed by atoms with E-state index < -0.39 is 52.8 Å². The Kier molecular flexibility index (Phi) is 9.75. The number of nitrogens with zero attached hydrogens (tertiary/aromatic N) is 6. The summed E-state index contributed by atoms with van der Waals surface area (Å²) >= 11 is 8.04. The van der Waals surface area contributed by atoms with Gasteiger partial charge in [-0.2, -0.15) is 15.2 Å².